The Labute approximate surface area is 176 Å². The fourth-order valence-electron chi connectivity index (χ4n) is 2.99. The van der Waals surface area contributed by atoms with E-state index < -0.39 is 17.0 Å². The molecule has 0 spiro atoms. The molecule has 0 N–H and O–H groups in total. The summed E-state index contributed by atoms with van der Waals surface area (Å²) in [6.45, 7) is 2.38. The van der Waals surface area contributed by atoms with Crippen molar-refractivity contribution in [2.75, 3.05) is 20.8 Å². The number of nitrogens with zero attached hydrogens (tertiary/aromatic N) is 2. The van der Waals surface area contributed by atoms with Crippen LogP contribution in [-0.4, -0.2) is 42.0 Å². The third-order valence-electron chi connectivity index (χ3n) is 4.49. The van der Waals surface area contributed by atoms with Crippen LogP contribution in [0.2, 0.25) is 0 Å². The number of amidine groups is 1. The number of aliphatic imine (C=N–C) groups is 1. The lowest BCUT2D eigenvalue weighted by Gasteiger charge is -2.12. The van der Waals surface area contributed by atoms with Crippen LogP contribution in [0.1, 0.15) is 18.1 Å². The molecule has 1 aliphatic heterocycles. The maximum atomic E-state index is 12.9. The van der Waals surface area contributed by atoms with E-state index in [1.54, 1.807) is 20.2 Å². The van der Waals surface area contributed by atoms with Crippen molar-refractivity contribution in [1.29, 1.82) is 0 Å². The van der Waals surface area contributed by atoms with E-state index in [0.29, 0.717) is 29.7 Å². The zero-order chi connectivity index (χ0) is 21.9. The van der Waals surface area contributed by atoms with Gasteiger partial charge in [0.1, 0.15) is 0 Å². The second-order valence-corrected chi connectivity index (χ2v) is 7.74. The van der Waals surface area contributed by atoms with Gasteiger partial charge in [0, 0.05) is 7.05 Å². The fourth-order valence-corrected chi connectivity index (χ4v) is 4.18. The zero-order valence-corrected chi connectivity index (χ0v) is 17.5. The minimum absolute atomic E-state index is 0.148. The minimum Gasteiger partial charge on any atom is -0.493 e. The van der Waals surface area contributed by atoms with Gasteiger partial charge in [-0.15, -0.1) is 0 Å². The fraction of sp³-hybridized carbons (Fsp3) is 0.333. The molecule has 0 saturated carbocycles. The molecule has 1 amide bonds. The van der Waals surface area contributed by atoms with Crippen molar-refractivity contribution in [3.05, 3.63) is 53.6 Å². The molecule has 5 nitrogen and oxygen atoms in total. The maximum absolute atomic E-state index is 12.9. The van der Waals surface area contributed by atoms with Gasteiger partial charge in [0.15, 0.2) is 16.7 Å². The summed E-state index contributed by atoms with van der Waals surface area (Å²) in [5, 5.41) is -0.0653. The van der Waals surface area contributed by atoms with Crippen LogP contribution in [0.5, 0.6) is 11.5 Å². The lowest BCUT2D eigenvalue weighted by molar-refractivity contribution is -0.137. The van der Waals surface area contributed by atoms with E-state index in [1.807, 2.05) is 19.1 Å². The molecule has 9 heteroatoms. The van der Waals surface area contributed by atoms with Crippen LogP contribution in [0.3, 0.4) is 0 Å². The summed E-state index contributed by atoms with van der Waals surface area (Å²) in [7, 11) is 3.12. The Bertz CT molecular complexity index is 963. The largest absolute Gasteiger partial charge is 0.493 e. The molecule has 0 radical (unpaired) electrons. The van der Waals surface area contributed by atoms with Crippen LogP contribution in [0.15, 0.2) is 47.5 Å². The number of hydrogen-bond donors (Lipinski definition) is 0. The Morgan fingerprint density at radius 1 is 1.17 bits per heavy atom. The molecule has 0 aromatic heterocycles. The zero-order valence-electron chi connectivity index (χ0n) is 16.7. The van der Waals surface area contributed by atoms with Crippen molar-refractivity contribution >= 4 is 28.5 Å². The summed E-state index contributed by atoms with van der Waals surface area (Å²) in [6, 6.07) is 10.2. The topological polar surface area (TPSA) is 51.1 Å². The molecule has 1 fully saturated rings. The molecule has 0 aliphatic carbocycles. The molecule has 2 aromatic carbocycles. The first-order valence-corrected chi connectivity index (χ1v) is 10.1. The lowest BCUT2D eigenvalue weighted by atomic mass is 10.1. The van der Waals surface area contributed by atoms with Gasteiger partial charge in [-0.3, -0.25) is 9.69 Å². The van der Waals surface area contributed by atoms with Crippen LogP contribution in [0.25, 0.3) is 0 Å². The van der Waals surface area contributed by atoms with Crippen molar-refractivity contribution in [2.24, 2.45) is 4.99 Å². The first kappa shape index (κ1) is 22.0. The van der Waals surface area contributed by atoms with E-state index in [9.17, 15) is 18.0 Å². The van der Waals surface area contributed by atoms with Gasteiger partial charge in [-0.25, -0.2) is 4.99 Å². The van der Waals surface area contributed by atoms with Crippen LogP contribution in [-0.2, 0) is 17.4 Å². The molecule has 1 heterocycles. The highest BCUT2D eigenvalue weighted by molar-refractivity contribution is 8.15. The van der Waals surface area contributed by atoms with Gasteiger partial charge >= 0.3 is 6.18 Å². The molecule has 30 heavy (non-hydrogen) atoms. The van der Waals surface area contributed by atoms with E-state index in [-0.39, 0.29) is 11.6 Å². The first-order valence-electron chi connectivity index (χ1n) is 9.22. The Hall–Kier alpha value is -2.68. The number of rotatable bonds is 6. The molecule has 2 aromatic rings. The number of alkyl halides is 3. The number of ether oxygens (including phenoxy) is 2. The smallest absolute Gasteiger partial charge is 0.416 e. The van der Waals surface area contributed by atoms with Gasteiger partial charge in [-0.05, 0) is 49.2 Å². The number of halogens is 3. The Morgan fingerprint density at radius 2 is 1.93 bits per heavy atom. The number of carbonyl (C=O) groups is 1. The van der Waals surface area contributed by atoms with Crippen LogP contribution in [0.4, 0.5) is 18.9 Å². The lowest BCUT2D eigenvalue weighted by Crippen LogP contribution is -2.28. The molecule has 1 saturated heterocycles. The molecule has 1 aliphatic rings. The summed E-state index contributed by atoms with van der Waals surface area (Å²) < 4.78 is 49.6. The number of hydrogen-bond acceptors (Lipinski definition) is 5. The predicted molar refractivity (Wildman–Crippen MR) is 111 cm³/mol. The quantitative estimate of drug-likeness (QED) is 0.643. The van der Waals surface area contributed by atoms with Gasteiger partial charge < -0.3 is 9.47 Å². The Morgan fingerprint density at radius 3 is 2.60 bits per heavy atom. The highest BCUT2D eigenvalue weighted by Crippen LogP contribution is 2.35. The average Bonchev–Trinajstić information content (AvgIpc) is 2.96. The average molecular weight is 438 g/mol. The van der Waals surface area contributed by atoms with Gasteiger partial charge in [0.05, 0.1) is 30.2 Å². The van der Waals surface area contributed by atoms with E-state index in [4.69, 9.17) is 9.47 Å². The summed E-state index contributed by atoms with van der Waals surface area (Å²) in [6.07, 6.45) is -4.02. The summed E-state index contributed by atoms with van der Waals surface area (Å²) >= 11 is 1.23. The molecular weight excluding hydrogens is 417 g/mol. The van der Waals surface area contributed by atoms with Gasteiger partial charge in [-0.1, -0.05) is 23.9 Å². The highest BCUT2D eigenvalue weighted by atomic mass is 32.2. The molecule has 0 unspecified atom stereocenters. The summed E-state index contributed by atoms with van der Waals surface area (Å²) in [5.41, 5.74) is 0.254. The molecular formula is C21H21F3N2O3S. The highest BCUT2D eigenvalue weighted by Gasteiger charge is 2.36. The van der Waals surface area contributed by atoms with Crippen molar-refractivity contribution in [3.8, 4) is 11.5 Å². The van der Waals surface area contributed by atoms with Gasteiger partial charge in [0.25, 0.3) is 0 Å². The molecule has 3 rings (SSSR count). The van der Waals surface area contributed by atoms with E-state index in [1.165, 1.54) is 28.8 Å². The number of carbonyl (C=O) groups excluding carboxylic acids is 1. The van der Waals surface area contributed by atoms with Crippen molar-refractivity contribution in [1.82, 2.24) is 4.90 Å². The monoisotopic (exact) mass is 438 g/mol. The SMILES string of the molecule is CCOc1ccc(C[C@@H]2SC(=Nc3cccc(C(F)(F)F)c3)N(C)C2=O)cc1OC. The number of thioether (sulfide) groups is 1. The Balaban J connectivity index is 1.79. The van der Waals surface area contributed by atoms with Crippen molar-refractivity contribution < 1.29 is 27.4 Å². The first-order chi connectivity index (χ1) is 14.2. The second kappa shape index (κ2) is 8.99. The number of methoxy groups -OCH3 is 1. The Kier molecular flexibility index (Phi) is 6.60. The molecule has 0 bridgehead atoms. The van der Waals surface area contributed by atoms with Gasteiger partial charge in [0.2, 0.25) is 5.91 Å². The van der Waals surface area contributed by atoms with E-state index in [2.05, 4.69) is 4.99 Å². The van der Waals surface area contributed by atoms with Crippen LogP contribution in [0, 0.1) is 0 Å². The third-order valence-corrected chi connectivity index (χ3v) is 5.72. The number of benzene rings is 2. The standard InChI is InChI=1S/C21H21F3N2O3S/c1-4-29-16-9-8-13(10-17(16)28-3)11-18-19(27)26(2)20(30-18)25-15-7-5-6-14(12-15)21(22,23)24/h5-10,12,18H,4,11H2,1-3H3/t18-/m0/s1. The number of amides is 1. The third kappa shape index (κ3) is 4.89. The maximum Gasteiger partial charge on any atom is 0.416 e. The van der Waals surface area contributed by atoms with Crippen molar-refractivity contribution in [3.63, 3.8) is 0 Å². The van der Waals surface area contributed by atoms with Crippen LogP contribution < -0.4 is 9.47 Å². The van der Waals surface area contributed by atoms with Crippen LogP contribution >= 0.6 is 11.8 Å². The van der Waals surface area contributed by atoms with E-state index >= 15 is 0 Å². The summed E-state index contributed by atoms with van der Waals surface area (Å²) in [4.78, 5) is 18.3. The summed E-state index contributed by atoms with van der Waals surface area (Å²) in [5.74, 6) is 1.05. The normalized spacial score (nSPS) is 18.2. The second-order valence-electron chi connectivity index (χ2n) is 6.57. The van der Waals surface area contributed by atoms with Crippen molar-refractivity contribution in [2.45, 2.75) is 24.8 Å². The van der Waals surface area contributed by atoms with Gasteiger partial charge in [-0.2, -0.15) is 13.2 Å². The predicted octanol–water partition coefficient (Wildman–Crippen LogP) is 4.92. The van der Waals surface area contributed by atoms with E-state index in [0.717, 1.165) is 17.7 Å². The molecule has 160 valence electrons. The molecule has 1 atom stereocenters. The minimum atomic E-state index is -4.45.